The summed E-state index contributed by atoms with van der Waals surface area (Å²) in [5, 5.41) is 0. The zero-order chi connectivity index (χ0) is 14.7. The first-order chi connectivity index (χ1) is 9.49. The average molecular weight is 277 g/mol. The second-order valence-electron chi connectivity index (χ2n) is 4.28. The Balaban J connectivity index is 2.48. The van der Waals surface area contributed by atoms with Crippen molar-refractivity contribution in [3.05, 3.63) is 59.2 Å². The fourth-order valence-corrected chi connectivity index (χ4v) is 1.90. The van der Waals surface area contributed by atoms with Crippen molar-refractivity contribution < 1.29 is 18.3 Å². The van der Waals surface area contributed by atoms with E-state index >= 15 is 0 Å². The number of ether oxygens (including phenoxy) is 1. The zero-order valence-corrected chi connectivity index (χ0v) is 10.8. The summed E-state index contributed by atoms with van der Waals surface area (Å²) in [5.74, 6) is -0.575. The predicted molar refractivity (Wildman–Crippen MR) is 72.1 cm³/mol. The maximum absolute atomic E-state index is 12.4. The molecule has 0 atom stereocenters. The third kappa shape index (κ3) is 2.93. The van der Waals surface area contributed by atoms with Crippen LogP contribution in [0.2, 0.25) is 0 Å². The molecule has 0 aliphatic heterocycles. The molecule has 0 saturated carbocycles. The van der Waals surface area contributed by atoms with E-state index in [2.05, 4.69) is 4.74 Å². The highest BCUT2D eigenvalue weighted by Gasteiger charge is 2.18. The van der Waals surface area contributed by atoms with Crippen molar-refractivity contribution in [3.8, 4) is 5.75 Å². The van der Waals surface area contributed by atoms with Crippen molar-refractivity contribution in [1.29, 1.82) is 0 Å². The van der Waals surface area contributed by atoms with E-state index in [-0.39, 0.29) is 11.3 Å². The van der Waals surface area contributed by atoms with Gasteiger partial charge >= 0.3 is 6.61 Å². The first kappa shape index (κ1) is 14.0. The second kappa shape index (κ2) is 5.69. The largest absolute Gasteiger partial charge is 0.434 e. The van der Waals surface area contributed by atoms with E-state index < -0.39 is 12.4 Å². The summed E-state index contributed by atoms with van der Waals surface area (Å²) < 4.78 is 29.1. The van der Waals surface area contributed by atoms with Gasteiger partial charge in [0.15, 0.2) is 5.78 Å². The minimum absolute atomic E-state index is 0.0274. The number of carbonyl (C=O) groups excluding carboxylic acids is 1. The molecule has 0 bridgehead atoms. The molecule has 0 fully saturated rings. The number of ketones is 1. The number of alkyl halides is 2. The lowest BCUT2D eigenvalue weighted by Gasteiger charge is -2.11. The maximum atomic E-state index is 12.4. The van der Waals surface area contributed by atoms with Gasteiger partial charge in [-0.1, -0.05) is 24.3 Å². The van der Waals surface area contributed by atoms with Gasteiger partial charge in [0.2, 0.25) is 0 Å². The molecule has 3 nitrogen and oxygen atoms in total. The zero-order valence-electron chi connectivity index (χ0n) is 10.8. The minimum atomic E-state index is -3.00. The molecule has 104 valence electrons. The van der Waals surface area contributed by atoms with Crippen LogP contribution >= 0.6 is 0 Å². The molecule has 20 heavy (non-hydrogen) atoms. The van der Waals surface area contributed by atoms with Gasteiger partial charge in [0.1, 0.15) is 5.75 Å². The highest BCUT2D eigenvalue weighted by atomic mass is 19.3. The second-order valence-corrected chi connectivity index (χ2v) is 4.28. The average Bonchev–Trinajstić information content (AvgIpc) is 2.40. The van der Waals surface area contributed by atoms with Gasteiger partial charge in [-0.05, 0) is 30.7 Å². The quantitative estimate of drug-likeness (QED) is 0.688. The van der Waals surface area contributed by atoms with Crippen LogP contribution in [-0.2, 0) is 0 Å². The van der Waals surface area contributed by atoms with Crippen molar-refractivity contribution in [2.75, 3.05) is 5.73 Å². The number of hydrogen-bond acceptors (Lipinski definition) is 3. The van der Waals surface area contributed by atoms with Crippen LogP contribution in [0.3, 0.4) is 0 Å². The van der Waals surface area contributed by atoms with Crippen molar-refractivity contribution in [2.24, 2.45) is 0 Å². The molecule has 0 aliphatic carbocycles. The monoisotopic (exact) mass is 277 g/mol. The summed E-state index contributed by atoms with van der Waals surface area (Å²) in [4.78, 5) is 12.4. The van der Waals surface area contributed by atoms with Gasteiger partial charge in [-0.25, -0.2) is 0 Å². The lowest BCUT2D eigenvalue weighted by molar-refractivity contribution is -0.0501. The number of nitrogen functional groups attached to an aromatic ring is 1. The summed E-state index contributed by atoms with van der Waals surface area (Å²) in [7, 11) is 0. The standard InChI is InChI=1S/C15H13F2NO2/c1-9-4-2-3-5-11(9)14(19)12-8-10(18)6-7-13(12)20-15(16)17/h2-8,15H,18H2,1H3. The normalized spacial score (nSPS) is 10.6. The van der Waals surface area contributed by atoms with Gasteiger partial charge in [-0.2, -0.15) is 8.78 Å². The van der Waals surface area contributed by atoms with E-state index in [0.29, 0.717) is 11.3 Å². The fourth-order valence-electron chi connectivity index (χ4n) is 1.90. The summed E-state index contributed by atoms with van der Waals surface area (Å²) in [6.45, 7) is -1.23. The van der Waals surface area contributed by atoms with E-state index in [1.165, 1.54) is 18.2 Å². The Morgan fingerprint density at radius 3 is 2.50 bits per heavy atom. The van der Waals surface area contributed by atoms with Crippen LogP contribution in [0.15, 0.2) is 42.5 Å². The molecule has 2 aromatic carbocycles. The van der Waals surface area contributed by atoms with E-state index in [1.807, 2.05) is 0 Å². The van der Waals surface area contributed by atoms with E-state index in [1.54, 1.807) is 31.2 Å². The number of nitrogens with two attached hydrogens (primary N) is 1. The van der Waals surface area contributed by atoms with Gasteiger partial charge in [0.05, 0.1) is 5.56 Å². The molecule has 0 saturated heterocycles. The minimum Gasteiger partial charge on any atom is -0.434 e. The van der Waals surface area contributed by atoms with Crippen molar-refractivity contribution >= 4 is 11.5 Å². The number of anilines is 1. The van der Waals surface area contributed by atoms with Crippen molar-refractivity contribution in [2.45, 2.75) is 13.5 Å². The van der Waals surface area contributed by atoms with E-state index in [9.17, 15) is 13.6 Å². The molecule has 2 N–H and O–H groups in total. The summed E-state index contributed by atoms with van der Waals surface area (Å²) in [6, 6.07) is 10.9. The molecule has 0 heterocycles. The van der Waals surface area contributed by atoms with Crippen LogP contribution in [0.4, 0.5) is 14.5 Å². The smallest absolute Gasteiger partial charge is 0.387 e. The molecule has 0 aromatic heterocycles. The van der Waals surface area contributed by atoms with Gasteiger partial charge in [-0.3, -0.25) is 4.79 Å². The van der Waals surface area contributed by atoms with Crippen LogP contribution in [0, 0.1) is 6.92 Å². The van der Waals surface area contributed by atoms with Crippen LogP contribution in [0.1, 0.15) is 21.5 Å². The molecule has 5 heteroatoms. The first-order valence-electron chi connectivity index (χ1n) is 5.93. The van der Waals surface area contributed by atoms with Gasteiger partial charge in [0.25, 0.3) is 0 Å². The SMILES string of the molecule is Cc1ccccc1C(=O)c1cc(N)ccc1OC(F)F. The lowest BCUT2D eigenvalue weighted by Crippen LogP contribution is -2.10. The van der Waals surface area contributed by atoms with E-state index in [0.717, 1.165) is 5.56 Å². The number of rotatable bonds is 4. The van der Waals surface area contributed by atoms with E-state index in [4.69, 9.17) is 5.73 Å². The first-order valence-corrected chi connectivity index (χ1v) is 5.93. The molecule has 0 unspecified atom stereocenters. The maximum Gasteiger partial charge on any atom is 0.387 e. The Labute approximate surface area is 115 Å². The molecule has 0 radical (unpaired) electrons. The summed E-state index contributed by atoms with van der Waals surface area (Å²) in [5.41, 5.74) is 7.13. The Kier molecular flexibility index (Phi) is 3.98. The predicted octanol–water partition coefficient (Wildman–Crippen LogP) is 3.41. The Morgan fingerprint density at radius 1 is 1.15 bits per heavy atom. The lowest BCUT2D eigenvalue weighted by atomic mass is 9.98. The molecule has 2 aromatic rings. The summed E-state index contributed by atoms with van der Waals surface area (Å²) in [6.07, 6.45) is 0. The number of aryl methyl sites for hydroxylation is 1. The molecular weight excluding hydrogens is 264 g/mol. The van der Waals surface area contributed by atoms with Gasteiger partial charge in [-0.15, -0.1) is 0 Å². The van der Waals surface area contributed by atoms with Gasteiger partial charge in [0, 0.05) is 11.3 Å². The molecular formula is C15H13F2NO2. The fraction of sp³-hybridized carbons (Fsp3) is 0.133. The Hall–Kier alpha value is -2.43. The number of carbonyl (C=O) groups is 1. The highest BCUT2D eigenvalue weighted by molar-refractivity contribution is 6.12. The number of benzene rings is 2. The number of halogens is 2. The van der Waals surface area contributed by atoms with Crippen LogP contribution < -0.4 is 10.5 Å². The molecule has 0 spiro atoms. The molecule has 0 amide bonds. The van der Waals surface area contributed by atoms with Crippen LogP contribution in [0.5, 0.6) is 5.75 Å². The van der Waals surface area contributed by atoms with Crippen LogP contribution in [-0.4, -0.2) is 12.4 Å². The van der Waals surface area contributed by atoms with Crippen LogP contribution in [0.25, 0.3) is 0 Å². The Morgan fingerprint density at radius 2 is 1.85 bits per heavy atom. The Bertz CT molecular complexity index is 642. The van der Waals surface area contributed by atoms with Crippen molar-refractivity contribution in [3.63, 3.8) is 0 Å². The molecule has 2 rings (SSSR count). The molecule has 0 aliphatic rings. The third-order valence-electron chi connectivity index (χ3n) is 2.85. The highest BCUT2D eigenvalue weighted by Crippen LogP contribution is 2.26. The van der Waals surface area contributed by atoms with Gasteiger partial charge < -0.3 is 10.5 Å². The summed E-state index contributed by atoms with van der Waals surface area (Å²) >= 11 is 0. The van der Waals surface area contributed by atoms with Crippen molar-refractivity contribution in [1.82, 2.24) is 0 Å². The topological polar surface area (TPSA) is 52.3 Å². The third-order valence-corrected chi connectivity index (χ3v) is 2.85. The number of hydrogen-bond donors (Lipinski definition) is 1.